The quantitative estimate of drug-likeness (QED) is 0.220. The first-order valence-electron chi connectivity index (χ1n) is 17.1. The van der Waals surface area contributed by atoms with E-state index >= 15 is 0 Å². The molecule has 2 aliphatic carbocycles. The highest BCUT2D eigenvalue weighted by Gasteiger charge is 2.50. The van der Waals surface area contributed by atoms with Crippen molar-refractivity contribution in [2.75, 3.05) is 7.11 Å². The van der Waals surface area contributed by atoms with E-state index in [1.54, 1.807) is 7.11 Å². The SMILES string of the molecule is CC/C(=C\[C@H](C)C1C(NC(=O)CCCc2cccc(OC)c2OC2CCCC2)CC2(CCC2)OC1C)OCc1ccccc1. The molecule has 4 atom stereocenters. The average molecular weight is 604 g/mol. The summed E-state index contributed by atoms with van der Waals surface area (Å²) < 4.78 is 25.0. The Morgan fingerprint density at radius 2 is 1.86 bits per heavy atom. The van der Waals surface area contributed by atoms with E-state index in [9.17, 15) is 4.79 Å². The normalized spacial score (nSPS) is 24.0. The smallest absolute Gasteiger partial charge is 0.220 e. The van der Waals surface area contributed by atoms with E-state index in [4.69, 9.17) is 18.9 Å². The van der Waals surface area contributed by atoms with Gasteiger partial charge in [0, 0.05) is 24.8 Å². The lowest BCUT2D eigenvalue weighted by atomic mass is 9.68. The summed E-state index contributed by atoms with van der Waals surface area (Å²) in [5, 5.41) is 3.49. The summed E-state index contributed by atoms with van der Waals surface area (Å²) in [7, 11) is 1.70. The van der Waals surface area contributed by atoms with Crippen LogP contribution in [-0.4, -0.2) is 36.9 Å². The van der Waals surface area contributed by atoms with Gasteiger partial charge in [-0.15, -0.1) is 0 Å². The van der Waals surface area contributed by atoms with Gasteiger partial charge >= 0.3 is 0 Å². The van der Waals surface area contributed by atoms with Crippen LogP contribution in [0.2, 0.25) is 0 Å². The Balaban J connectivity index is 1.21. The van der Waals surface area contributed by atoms with Crippen LogP contribution in [0.25, 0.3) is 0 Å². The van der Waals surface area contributed by atoms with Gasteiger partial charge < -0.3 is 24.3 Å². The largest absolute Gasteiger partial charge is 0.494 e. The van der Waals surface area contributed by atoms with Crippen molar-refractivity contribution in [2.24, 2.45) is 11.8 Å². The number of hydrogen-bond donors (Lipinski definition) is 1. The molecule has 2 aromatic rings. The third kappa shape index (κ3) is 8.18. The molecule has 1 aliphatic heterocycles. The summed E-state index contributed by atoms with van der Waals surface area (Å²) in [4.78, 5) is 13.5. The van der Waals surface area contributed by atoms with Crippen molar-refractivity contribution >= 4 is 5.91 Å². The van der Waals surface area contributed by atoms with Crippen LogP contribution in [0, 0.1) is 11.8 Å². The van der Waals surface area contributed by atoms with Gasteiger partial charge in [-0.2, -0.15) is 0 Å². The minimum Gasteiger partial charge on any atom is -0.494 e. The predicted molar refractivity (Wildman–Crippen MR) is 175 cm³/mol. The first-order valence-corrected chi connectivity index (χ1v) is 17.1. The fourth-order valence-electron chi connectivity index (χ4n) is 7.59. The number of para-hydroxylation sites is 1. The molecule has 6 heteroatoms. The number of ether oxygens (including phenoxy) is 4. The molecule has 1 amide bonds. The number of amides is 1. The van der Waals surface area contributed by atoms with Crippen LogP contribution in [0.15, 0.2) is 60.4 Å². The minimum atomic E-state index is -0.0816. The van der Waals surface area contributed by atoms with Crippen LogP contribution < -0.4 is 14.8 Å². The molecule has 1 N–H and O–H groups in total. The maximum Gasteiger partial charge on any atom is 0.220 e. The molecule has 3 aliphatic rings. The van der Waals surface area contributed by atoms with Crippen molar-refractivity contribution in [1.82, 2.24) is 5.32 Å². The highest BCUT2D eigenvalue weighted by molar-refractivity contribution is 5.76. The van der Waals surface area contributed by atoms with Crippen molar-refractivity contribution in [3.05, 3.63) is 71.5 Å². The monoisotopic (exact) mass is 603 g/mol. The molecular formula is C38H53NO5. The van der Waals surface area contributed by atoms with Crippen molar-refractivity contribution in [3.8, 4) is 11.5 Å². The van der Waals surface area contributed by atoms with Crippen LogP contribution >= 0.6 is 0 Å². The molecule has 0 aromatic heterocycles. The Bertz CT molecular complexity index is 1230. The molecule has 240 valence electrons. The molecular weight excluding hydrogens is 550 g/mol. The Hall–Kier alpha value is -2.99. The van der Waals surface area contributed by atoms with Crippen molar-refractivity contribution < 1.29 is 23.7 Å². The number of rotatable bonds is 14. The van der Waals surface area contributed by atoms with Gasteiger partial charge in [-0.3, -0.25) is 4.79 Å². The van der Waals surface area contributed by atoms with E-state index in [0.29, 0.717) is 13.0 Å². The van der Waals surface area contributed by atoms with E-state index in [2.05, 4.69) is 50.4 Å². The molecule has 0 bridgehead atoms. The second-order valence-corrected chi connectivity index (χ2v) is 13.3. The van der Waals surface area contributed by atoms with Crippen molar-refractivity contribution in [3.63, 3.8) is 0 Å². The first kappa shape index (κ1) is 32.4. The van der Waals surface area contributed by atoms with Crippen molar-refractivity contribution in [2.45, 2.75) is 128 Å². The third-order valence-electron chi connectivity index (χ3n) is 10.0. The van der Waals surface area contributed by atoms with Crippen LogP contribution in [0.3, 0.4) is 0 Å². The van der Waals surface area contributed by atoms with Crippen LogP contribution in [-0.2, 0) is 27.3 Å². The molecule has 2 saturated carbocycles. The lowest BCUT2D eigenvalue weighted by Crippen LogP contribution is -2.60. The van der Waals surface area contributed by atoms with Gasteiger partial charge in [-0.1, -0.05) is 56.3 Å². The van der Waals surface area contributed by atoms with Crippen LogP contribution in [0.1, 0.15) is 103 Å². The molecule has 1 saturated heterocycles. The Kier molecular flexibility index (Phi) is 11.3. The lowest BCUT2D eigenvalue weighted by Gasteiger charge is -2.53. The van der Waals surface area contributed by atoms with Crippen LogP contribution in [0.5, 0.6) is 11.5 Å². The molecule has 3 unspecified atom stereocenters. The van der Waals surface area contributed by atoms with Gasteiger partial charge in [-0.05, 0) is 100 Å². The number of hydrogen-bond acceptors (Lipinski definition) is 5. The van der Waals surface area contributed by atoms with Gasteiger partial charge in [-0.25, -0.2) is 0 Å². The average Bonchev–Trinajstić information content (AvgIpc) is 3.52. The summed E-state index contributed by atoms with van der Waals surface area (Å²) in [6, 6.07) is 16.5. The second-order valence-electron chi connectivity index (χ2n) is 13.3. The second kappa shape index (κ2) is 15.3. The number of methoxy groups -OCH3 is 1. The van der Waals surface area contributed by atoms with Gasteiger partial charge in [0.2, 0.25) is 5.91 Å². The zero-order chi connectivity index (χ0) is 30.9. The number of nitrogens with one attached hydrogen (secondary N) is 1. The number of allylic oxidation sites excluding steroid dienone is 2. The highest BCUT2D eigenvalue weighted by Crippen LogP contribution is 2.47. The molecule has 3 fully saturated rings. The molecule has 1 spiro atoms. The zero-order valence-corrected chi connectivity index (χ0v) is 27.3. The summed E-state index contributed by atoms with van der Waals surface area (Å²) >= 11 is 0. The summed E-state index contributed by atoms with van der Waals surface area (Å²) in [5.41, 5.74) is 2.20. The topological polar surface area (TPSA) is 66.0 Å². The molecule has 6 nitrogen and oxygen atoms in total. The third-order valence-corrected chi connectivity index (χ3v) is 10.0. The van der Waals surface area contributed by atoms with Crippen molar-refractivity contribution in [1.29, 1.82) is 0 Å². The predicted octanol–water partition coefficient (Wildman–Crippen LogP) is 8.32. The summed E-state index contributed by atoms with van der Waals surface area (Å²) in [6.45, 7) is 7.14. The summed E-state index contributed by atoms with van der Waals surface area (Å²) in [5.74, 6) is 3.13. The lowest BCUT2D eigenvalue weighted by molar-refractivity contribution is -0.198. The zero-order valence-electron chi connectivity index (χ0n) is 27.3. The highest BCUT2D eigenvalue weighted by atomic mass is 16.5. The van der Waals surface area contributed by atoms with Gasteiger partial charge in [0.15, 0.2) is 11.5 Å². The Labute approximate surface area is 264 Å². The number of carbonyl (C=O) groups excluding carboxylic acids is 1. The number of benzene rings is 2. The van der Waals surface area contributed by atoms with Crippen LogP contribution in [0.4, 0.5) is 0 Å². The molecule has 44 heavy (non-hydrogen) atoms. The van der Waals surface area contributed by atoms with E-state index in [1.807, 2.05) is 30.3 Å². The Morgan fingerprint density at radius 3 is 2.55 bits per heavy atom. The van der Waals surface area contributed by atoms with Gasteiger partial charge in [0.05, 0.1) is 30.7 Å². The Morgan fingerprint density at radius 1 is 1.09 bits per heavy atom. The molecule has 2 aromatic carbocycles. The maximum absolute atomic E-state index is 13.5. The standard InChI is InChI=1S/C38H53NO5/c1-5-31(42-26-29-14-7-6-8-15-29)24-27(2)36-28(3)44-38(22-13-23-38)25-33(36)39-35(40)21-12-17-30-16-11-20-34(41-4)37(30)43-32-18-9-10-19-32/h6-8,11,14-16,20,24,27-28,32-33,36H,5,9-10,12-13,17-19,21-23,25-26H2,1-4H3,(H,39,40)/b31-24+/t27-,28?,33?,36?/m0/s1. The number of aryl methyl sites for hydroxylation is 1. The summed E-state index contributed by atoms with van der Waals surface area (Å²) in [6.07, 6.45) is 14.3. The fourth-order valence-corrected chi connectivity index (χ4v) is 7.59. The fraction of sp³-hybridized carbons (Fsp3) is 0.605. The van der Waals surface area contributed by atoms with E-state index < -0.39 is 0 Å². The van der Waals surface area contributed by atoms with Gasteiger partial charge in [0.1, 0.15) is 6.61 Å². The minimum absolute atomic E-state index is 0.0555. The van der Waals surface area contributed by atoms with Gasteiger partial charge in [0.25, 0.3) is 0 Å². The van der Waals surface area contributed by atoms with E-state index in [1.165, 1.54) is 19.3 Å². The van der Waals surface area contributed by atoms with E-state index in [-0.39, 0.29) is 41.6 Å². The maximum atomic E-state index is 13.5. The number of carbonyl (C=O) groups is 1. The molecule has 5 rings (SSSR count). The first-order chi connectivity index (χ1) is 21.4. The molecule has 0 radical (unpaired) electrons. The molecule has 1 heterocycles. The van der Waals surface area contributed by atoms with E-state index in [0.717, 1.165) is 79.8 Å².